The third kappa shape index (κ3) is 3.61. The Morgan fingerprint density at radius 3 is 2.22 bits per heavy atom. The second-order valence-electron chi connectivity index (χ2n) is 7.29. The summed E-state index contributed by atoms with van der Waals surface area (Å²) in [6.07, 6.45) is 1.61. The van der Waals surface area contributed by atoms with Crippen molar-refractivity contribution >= 4 is 21.4 Å². The Kier molecular flexibility index (Phi) is 5.61. The highest BCUT2D eigenvalue weighted by molar-refractivity contribution is 7.93. The van der Waals surface area contributed by atoms with Crippen LogP contribution in [0.3, 0.4) is 0 Å². The molecule has 0 bridgehead atoms. The molecule has 3 rings (SSSR count). The molecule has 5 heteroatoms. The Labute approximate surface area is 160 Å². The van der Waals surface area contributed by atoms with Gasteiger partial charge in [0.25, 0.3) is 0 Å². The van der Waals surface area contributed by atoms with Crippen molar-refractivity contribution in [2.45, 2.75) is 48.7 Å². The molecule has 1 saturated carbocycles. The van der Waals surface area contributed by atoms with Gasteiger partial charge in [-0.1, -0.05) is 48.5 Å². The number of Topliss-reactive ketones (excluding diaryl/α,β-unsaturated/α-hetero) is 2. The summed E-state index contributed by atoms with van der Waals surface area (Å²) in [6.45, 7) is 1.46. The van der Waals surface area contributed by atoms with Crippen LogP contribution in [0.2, 0.25) is 0 Å². The molecule has 0 radical (unpaired) electrons. The highest BCUT2D eigenvalue weighted by Crippen LogP contribution is 2.45. The molecule has 27 heavy (non-hydrogen) atoms. The Balaban J connectivity index is 2.21. The summed E-state index contributed by atoms with van der Waals surface area (Å²) in [5.74, 6) is -0.871. The van der Waals surface area contributed by atoms with Gasteiger partial charge in [0.05, 0.1) is 4.90 Å². The number of hydrogen-bond donors (Lipinski definition) is 0. The van der Waals surface area contributed by atoms with E-state index < -0.39 is 20.5 Å². The summed E-state index contributed by atoms with van der Waals surface area (Å²) in [6, 6.07) is 17.4. The average Bonchev–Trinajstić information content (AvgIpc) is 2.65. The molecule has 2 aromatic carbocycles. The molecule has 0 N–H and O–H groups in total. The van der Waals surface area contributed by atoms with Gasteiger partial charge < -0.3 is 4.79 Å². The third-order valence-corrected chi connectivity index (χ3v) is 8.02. The second kappa shape index (κ2) is 7.77. The maximum Gasteiger partial charge on any atom is 0.191 e. The zero-order valence-electron chi connectivity index (χ0n) is 15.4. The minimum atomic E-state index is -3.97. The van der Waals surface area contributed by atoms with Gasteiger partial charge >= 0.3 is 0 Å². The highest BCUT2D eigenvalue weighted by atomic mass is 32.2. The van der Waals surface area contributed by atoms with Crippen molar-refractivity contribution in [2.75, 3.05) is 0 Å². The highest BCUT2D eigenvalue weighted by Gasteiger charge is 2.57. The fraction of sp³-hybridized carbons (Fsp3) is 0.364. The van der Waals surface area contributed by atoms with Gasteiger partial charge in [-0.25, -0.2) is 8.42 Å². The monoisotopic (exact) mass is 384 g/mol. The van der Waals surface area contributed by atoms with Crippen LogP contribution in [0.15, 0.2) is 65.6 Å². The zero-order valence-corrected chi connectivity index (χ0v) is 16.2. The summed E-state index contributed by atoms with van der Waals surface area (Å²) in [4.78, 5) is 25.3. The van der Waals surface area contributed by atoms with Crippen molar-refractivity contribution in [1.82, 2.24) is 0 Å². The molecule has 1 aliphatic carbocycles. The van der Waals surface area contributed by atoms with Crippen molar-refractivity contribution < 1.29 is 18.0 Å². The second-order valence-corrected chi connectivity index (χ2v) is 9.49. The van der Waals surface area contributed by atoms with Gasteiger partial charge in [0.1, 0.15) is 10.5 Å². The summed E-state index contributed by atoms with van der Waals surface area (Å²) in [5.41, 5.74) is 0.792. The Bertz CT molecular complexity index is 919. The van der Waals surface area contributed by atoms with Crippen LogP contribution in [0, 0.1) is 5.92 Å². The van der Waals surface area contributed by atoms with Gasteiger partial charge in [-0.05, 0) is 49.8 Å². The Hall–Kier alpha value is -2.27. The summed E-state index contributed by atoms with van der Waals surface area (Å²) < 4.78 is 26.0. The number of ketones is 2. The summed E-state index contributed by atoms with van der Waals surface area (Å²) >= 11 is 0. The van der Waals surface area contributed by atoms with E-state index in [1.165, 1.54) is 19.1 Å². The third-order valence-electron chi connectivity index (χ3n) is 5.46. The molecule has 0 saturated heterocycles. The van der Waals surface area contributed by atoms with Crippen molar-refractivity contribution in [1.29, 1.82) is 0 Å². The molecule has 1 aliphatic rings. The fourth-order valence-corrected chi connectivity index (χ4v) is 6.55. The van der Waals surface area contributed by atoms with Gasteiger partial charge in [-0.15, -0.1) is 0 Å². The number of rotatable bonds is 6. The van der Waals surface area contributed by atoms with E-state index in [0.29, 0.717) is 12.8 Å². The van der Waals surface area contributed by atoms with E-state index in [-0.39, 0.29) is 35.7 Å². The number of sulfone groups is 1. The maximum atomic E-state index is 13.8. The van der Waals surface area contributed by atoms with Crippen LogP contribution in [0.5, 0.6) is 0 Å². The van der Waals surface area contributed by atoms with Gasteiger partial charge in [0.15, 0.2) is 15.6 Å². The molecular weight excluding hydrogens is 360 g/mol. The maximum absolute atomic E-state index is 13.8. The molecule has 0 amide bonds. The van der Waals surface area contributed by atoms with Crippen LogP contribution in [0.25, 0.3) is 0 Å². The van der Waals surface area contributed by atoms with Gasteiger partial charge in [0.2, 0.25) is 0 Å². The SMILES string of the molecule is CC(=O)CC1CCCC(=O)[C@]1(Cc1ccccc1)S(=O)(=O)c1ccccc1. The first-order chi connectivity index (χ1) is 12.9. The van der Waals surface area contributed by atoms with E-state index in [1.54, 1.807) is 18.2 Å². The lowest BCUT2D eigenvalue weighted by Gasteiger charge is -2.42. The predicted molar refractivity (Wildman–Crippen MR) is 104 cm³/mol. The molecule has 142 valence electrons. The van der Waals surface area contributed by atoms with Crippen molar-refractivity contribution in [3.63, 3.8) is 0 Å². The first-order valence-electron chi connectivity index (χ1n) is 9.24. The van der Waals surface area contributed by atoms with Gasteiger partial charge in [-0.2, -0.15) is 0 Å². The lowest BCUT2D eigenvalue weighted by molar-refractivity contribution is -0.126. The fourth-order valence-electron chi connectivity index (χ4n) is 4.21. The first kappa shape index (κ1) is 19.5. The van der Waals surface area contributed by atoms with Crippen LogP contribution in [0.1, 0.15) is 38.2 Å². The van der Waals surface area contributed by atoms with Gasteiger partial charge in [-0.3, -0.25) is 4.79 Å². The topological polar surface area (TPSA) is 68.3 Å². The van der Waals surface area contributed by atoms with Crippen molar-refractivity contribution in [3.8, 4) is 0 Å². The minimum Gasteiger partial charge on any atom is -0.300 e. The largest absolute Gasteiger partial charge is 0.300 e. The number of hydrogen-bond acceptors (Lipinski definition) is 4. The lowest BCUT2D eigenvalue weighted by Crippen LogP contribution is -2.56. The Morgan fingerprint density at radius 1 is 1.04 bits per heavy atom. The summed E-state index contributed by atoms with van der Waals surface area (Å²) in [7, 11) is -3.97. The molecule has 0 aromatic heterocycles. The van der Waals surface area contributed by atoms with E-state index >= 15 is 0 Å². The molecule has 0 heterocycles. The number of benzene rings is 2. The summed E-state index contributed by atoms with van der Waals surface area (Å²) in [5, 5.41) is 0. The van der Waals surface area contributed by atoms with E-state index in [9.17, 15) is 18.0 Å². The molecule has 0 spiro atoms. The smallest absolute Gasteiger partial charge is 0.191 e. The molecular formula is C22H24O4S. The normalized spacial score (nSPS) is 23.1. The average molecular weight is 384 g/mol. The van der Waals surface area contributed by atoms with Crippen LogP contribution >= 0.6 is 0 Å². The van der Waals surface area contributed by atoms with Crippen molar-refractivity contribution in [2.24, 2.45) is 5.92 Å². The van der Waals surface area contributed by atoms with E-state index in [0.717, 1.165) is 5.56 Å². The van der Waals surface area contributed by atoms with Crippen LogP contribution < -0.4 is 0 Å². The van der Waals surface area contributed by atoms with E-state index in [2.05, 4.69) is 0 Å². The quantitative estimate of drug-likeness (QED) is 0.760. The minimum absolute atomic E-state index is 0.0876. The van der Waals surface area contributed by atoms with Crippen LogP contribution in [-0.4, -0.2) is 24.7 Å². The lowest BCUT2D eigenvalue weighted by atomic mass is 9.72. The molecule has 2 aromatic rings. The van der Waals surface area contributed by atoms with Crippen LogP contribution in [0.4, 0.5) is 0 Å². The predicted octanol–water partition coefficient (Wildman–Crippen LogP) is 3.79. The molecule has 1 fully saturated rings. The first-order valence-corrected chi connectivity index (χ1v) is 10.7. The van der Waals surface area contributed by atoms with E-state index in [4.69, 9.17) is 0 Å². The number of carbonyl (C=O) groups excluding carboxylic acids is 2. The molecule has 4 nitrogen and oxygen atoms in total. The van der Waals surface area contributed by atoms with Crippen molar-refractivity contribution in [3.05, 3.63) is 66.2 Å². The van der Waals surface area contributed by atoms with E-state index in [1.807, 2.05) is 30.3 Å². The van der Waals surface area contributed by atoms with Gasteiger partial charge in [0, 0.05) is 12.8 Å². The number of carbonyl (C=O) groups is 2. The zero-order chi connectivity index (χ0) is 19.5. The Morgan fingerprint density at radius 2 is 1.63 bits per heavy atom. The molecule has 0 aliphatic heterocycles. The van der Waals surface area contributed by atoms with Crippen LogP contribution in [-0.2, 0) is 25.8 Å². The standard InChI is InChI=1S/C22H24O4S/c1-17(23)15-19-11-8-14-21(24)22(19,16-18-9-4-2-5-10-18)27(25,26)20-12-6-3-7-13-20/h2-7,9-10,12-13,19H,8,11,14-16H2,1H3/t19?,22-/m1/s1. The molecule has 1 unspecified atom stereocenters. The molecule has 2 atom stereocenters.